The van der Waals surface area contributed by atoms with E-state index < -0.39 is 0 Å². The smallest absolute Gasteiger partial charge is 0.00484 e. The molecule has 0 fully saturated rings. The molecule has 0 aliphatic carbocycles. The minimum atomic E-state index is 1.07. The van der Waals surface area contributed by atoms with Crippen molar-refractivity contribution in [3.05, 3.63) is 6.92 Å². The molecule has 1 radical (unpaired) electrons. The van der Waals surface area contributed by atoms with E-state index in [1.54, 1.807) is 0 Å². The minimum absolute atomic E-state index is 1.07. The van der Waals surface area contributed by atoms with Crippen molar-refractivity contribution < 1.29 is 0 Å². The van der Waals surface area contributed by atoms with E-state index in [0.717, 1.165) is 19.5 Å². The third kappa shape index (κ3) is 9.92. The van der Waals surface area contributed by atoms with Gasteiger partial charge >= 0.3 is 0 Å². The molecule has 0 aromatic rings. The van der Waals surface area contributed by atoms with Crippen molar-refractivity contribution >= 4 is 0 Å². The Morgan fingerprint density at radius 2 is 1.50 bits per heavy atom. The number of rotatable bonds is 9. The van der Waals surface area contributed by atoms with Crippen LogP contribution in [0.4, 0.5) is 0 Å². The van der Waals surface area contributed by atoms with Gasteiger partial charge in [-0.15, -0.1) is 0 Å². The summed E-state index contributed by atoms with van der Waals surface area (Å²) >= 11 is 0. The highest BCUT2D eigenvalue weighted by Crippen LogP contribution is 1.91. The summed E-state index contributed by atoms with van der Waals surface area (Å²) in [4.78, 5) is 0. The summed E-state index contributed by atoms with van der Waals surface area (Å²) in [5, 5.41) is 6.57. The van der Waals surface area contributed by atoms with Gasteiger partial charge in [0.1, 0.15) is 0 Å². The lowest BCUT2D eigenvalue weighted by Gasteiger charge is -2.03. The molecule has 73 valence electrons. The lowest BCUT2D eigenvalue weighted by molar-refractivity contribution is 0.582. The third-order valence-electron chi connectivity index (χ3n) is 1.88. The van der Waals surface area contributed by atoms with E-state index in [1.807, 2.05) is 7.05 Å². The van der Waals surface area contributed by atoms with E-state index in [4.69, 9.17) is 0 Å². The molecule has 2 heteroatoms. The van der Waals surface area contributed by atoms with Crippen LogP contribution in [0.3, 0.4) is 0 Å². The maximum absolute atomic E-state index is 3.81. The normalized spacial score (nSPS) is 10.5. The van der Waals surface area contributed by atoms with Crippen molar-refractivity contribution in [1.29, 1.82) is 0 Å². The Morgan fingerprint density at radius 3 is 2.08 bits per heavy atom. The molecule has 0 amide bonds. The fourth-order valence-corrected chi connectivity index (χ4v) is 1.10. The van der Waals surface area contributed by atoms with E-state index in [0.29, 0.717) is 0 Å². The molecular formula is C10H23N2. The molecule has 0 spiro atoms. The van der Waals surface area contributed by atoms with Crippen LogP contribution in [-0.4, -0.2) is 26.7 Å². The van der Waals surface area contributed by atoms with E-state index in [1.165, 1.54) is 32.2 Å². The molecule has 0 rings (SSSR count). The summed E-state index contributed by atoms with van der Waals surface area (Å²) in [5.74, 6) is 0. The zero-order valence-electron chi connectivity index (χ0n) is 8.36. The van der Waals surface area contributed by atoms with Crippen LogP contribution in [0.25, 0.3) is 0 Å². The van der Waals surface area contributed by atoms with Crippen molar-refractivity contribution in [1.82, 2.24) is 10.6 Å². The molecule has 0 saturated heterocycles. The van der Waals surface area contributed by atoms with Gasteiger partial charge in [0, 0.05) is 0 Å². The van der Waals surface area contributed by atoms with Gasteiger partial charge in [-0.2, -0.15) is 0 Å². The van der Waals surface area contributed by atoms with Crippen LogP contribution in [0.5, 0.6) is 0 Å². The average Bonchev–Trinajstić information content (AvgIpc) is 2.10. The highest BCUT2D eigenvalue weighted by molar-refractivity contribution is 4.51. The number of nitrogens with one attached hydrogen (secondary N) is 2. The number of hydrogen-bond donors (Lipinski definition) is 2. The molecule has 0 aliphatic rings. The van der Waals surface area contributed by atoms with Crippen molar-refractivity contribution in [2.24, 2.45) is 0 Å². The van der Waals surface area contributed by atoms with Gasteiger partial charge in [-0.3, -0.25) is 0 Å². The lowest BCUT2D eigenvalue weighted by Crippen LogP contribution is -2.18. The van der Waals surface area contributed by atoms with Crippen LogP contribution in [0.1, 0.15) is 32.1 Å². The molecule has 0 aromatic heterocycles. The van der Waals surface area contributed by atoms with Gasteiger partial charge in [0.2, 0.25) is 0 Å². The van der Waals surface area contributed by atoms with Gasteiger partial charge in [0.25, 0.3) is 0 Å². The van der Waals surface area contributed by atoms with Crippen LogP contribution >= 0.6 is 0 Å². The minimum Gasteiger partial charge on any atom is -0.320 e. The maximum atomic E-state index is 3.81. The largest absolute Gasteiger partial charge is 0.320 e. The predicted octanol–water partition coefficient (Wildman–Crippen LogP) is 1.58. The van der Waals surface area contributed by atoms with Gasteiger partial charge in [0.05, 0.1) is 0 Å². The van der Waals surface area contributed by atoms with Gasteiger partial charge < -0.3 is 10.6 Å². The summed E-state index contributed by atoms with van der Waals surface area (Å²) in [7, 11) is 2.00. The molecule has 0 heterocycles. The zero-order chi connectivity index (χ0) is 9.07. The van der Waals surface area contributed by atoms with Gasteiger partial charge in [0.15, 0.2) is 0 Å². The quantitative estimate of drug-likeness (QED) is 0.515. The number of hydrogen-bond acceptors (Lipinski definition) is 2. The highest BCUT2D eigenvalue weighted by atomic mass is 14.8. The molecular weight excluding hydrogens is 148 g/mol. The van der Waals surface area contributed by atoms with Gasteiger partial charge in [-0.25, -0.2) is 0 Å². The summed E-state index contributed by atoms with van der Waals surface area (Å²) in [6.07, 6.45) is 6.16. The summed E-state index contributed by atoms with van der Waals surface area (Å²) in [5.41, 5.74) is 0. The predicted molar refractivity (Wildman–Crippen MR) is 55.2 cm³/mol. The number of unbranched alkanes of at least 4 members (excludes halogenated alkanes) is 3. The van der Waals surface area contributed by atoms with Crippen molar-refractivity contribution in [3.8, 4) is 0 Å². The Bertz CT molecular complexity index is 64.2. The Kier molecular flexibility index (Phi) is 10.8. The fraction of sp³-hybridized carbons (Fsp3) is 0.900. The Hall–Kier alpha value is -0.0800. The van der Waals surface area contributed by atoms with Crippen molar-refractivity contribution in [2.75, 3.05) is 26.7 Å². The van der Waals surface area contributed by atoms with Crippen molar-refractivity contribution in [2.45, 2.75) is 32.1 Å². The van der Waals surface area contributed by atoms with Gasteiger partial charge in [-0.1, -0.05) is 19.8 Å². The maximum Gasteiger partial charge on any atom is -0.00484 e. The molecule has 0 atom stereocenters. The van der Waals surface area contributed by atoms with Crippen LogP contribution in [-0.2, 0) is 0 Å². The topological polar surface area (TPSA) is 24.1 Å². The average molecular weight is 171 g/mol. The Morgan fingerprint density at radius 1 is 0.917 bits per heavy atom. The second-order valence-corrected chi connectivity index (χ2v) is 3.12. The first-order valence-corrected chi connectivity index (χ1v) is 5.06. The zero-order valence-corrected chi connectivity index (χ0v) is 8.36. The second-order valence-electron chi connectivity index (χ2n) is 3.12. The molecule has 0 unspecified atom stereocenters. The molecule has 2 N–H and O–H groups in total. The van der Waals surface area contributed by atoms with Crippen LogP contribution in [0, 0.1) is 6.92 Å². The Labute approximate surface area is 77.1 Å². The van der Waals surface area contributed by atoms with Crippen LogP contribution in [0.2, 0.25) is 0 Å². The fourth-order valence-electron chi connectivity index (χ4n) is 1.10. The first-order valence-electron chi connectivity index (χ1n) is 5.06. The molecule has 0 aromatic carbocycles. The van der Waals surface area contributed by atoms with Crippen LogP contribution < -0.4 is 10.6 Å². The van der Waals surface area contributed by atoms with E-state index >= 15 is 0 Å². The van der Waals surface area contributed by atoms with Crippen molar-refractivity contribution in [3.63, 3.8) is 0 Å². The molecule has 2 nitrogen and oxygen atoms in total. The highest BCUT2D eigenvalue weighted by Gasteiger charge is 1.88. The van der Waals surface area contributed by atoms with Gasteiger partial charge in [-0.05, 0) is 45.9 Å². The lowest BCUT2D eigenvalue weighted by atomic mass is 10.2. The van der Waals surface area contributed by atoms with E-state index in [2.05, 4.69) is 17.6 Å². The molecule has 12 heavy (non-hydrogen) atoms. The summed E-state index contributed by atoms with van der Waals surface area (Å²) < 4.78 is 0. The Balaban J connectivity index is 2.73. The molecule has 0 bridgehead atoms. The second kappa shape index (κ2) is 10.9. The standard InChI is InChI=1S/C10H23N2/c1-3-4-5-9-12-10-7-6-8-11-2/h11-12H,1,3-10H2,2H3. The SMILES string of the molecule is [CH2]CCCCNCCCCNC. The van der Waals surface area contributed by atoms with Crippen LogP contribution in [0.15, 0.2) is 0 Å². The van der Waals surface area contributed by atoms with E-state index in [-0.39, 0.29) is 0 Å². The first-order chi connectivity index (χ1) is 5.91. The first kappa shape index (κ1) is 11.9. The third-order valence-corrected chi connectivity index (χ3v) is 1.88. The monoisotopic (exact) mass is 171 g/mol. The summed E-state index contributed by atoms with van der Waals surface area (Å²) in [6.45, 7) is 7.27. The molecule has 0 aliphatic heterocycles. The molecule has 0 saturated carbocycles. The van der Waals surface area contributed by atoms with E-state index in [9.17, 15) is 0 Å². The summed E-state index contributed by atoms with van der Waals surface area (Å²) in [6, 6.07) is 0.